The summed E-state index contributed by atoms with van der Waals surface area (Å²) in [6.07, 6.45) is 1.17. The predicted octanol–water partition coefficient (Wildman–Crippen LogP) is 3.96. The smallest absolute Gasteiger partial charge is 0.306 e. The average molecular weight is 302 g/mol. The molecule has 0 amide bonds. The van der Waals surface area contributed by atoms with Crippen molar-refractivity contribution in [2.45, 2.75) is 85.0 Å². The number of hydrogen-bond acceptors (Lipinski definition) is 4. The maximum Gasteiger partial charge on any atom is 0.306 e. The summed E-state index contributed by atoms with van der Waals surface area (Å²) < 4.78 is 16.7. The number of methoxy groups -OCH3 is 1. The van der Waals surface area contributed by atoms with E-state index in [9.17, 15) is 4.79 Å². The first-order valence-electron chi connectivity index (χ1n) is 7.70. The summed E-state index contributed by atoms with van der Waals surface area (Å²) >= 11 is 0. The third-order valence-corrected chi connectivity index (χ3v) is 3.81. The van der Waals surface area contributed by atoms with Crippen molar-refractivity contribution in [3.8, 4) is 0 Å². The molecule has 0 aromatic heterocycles. The van der Waals surface area contributed by atoms with Crippen molar-refractivity contribution in [1.82, 2.24) is 0 Å². The predicted molar refractivity (Wildman–Crippen MR) is 85.4 cm³/mol. The fourth-order valence-corrected chi connectivity index (χ4v) is 1.68. The van der Waals surface area contributed by atoms with Gasteiger partial charge in [-0.25, -0.2) is 0 Å². The molecule has 0 saturated heterocycles. The van der Waals surface area contributed by atoms with Gasteiger partial charge >= 0.3 is 5.97 Å². The fraction of sp³-hybridized carbons (Fsp3) is 0.941. The molecule has 0 N–H and O–H groups in total. The van der Waals surface area contributed by atoms with Gasteiger partial charge in [0.05, 0.1) is 24.2 Å². The van der Waals surface area contributed by atoms with Crippen molar-refractivity contribution in [3.63, 3.8) is 0 Å². The molecule has 0 radical (unpaired) electrons. The molecule has 1 atom stereocenters. The summed E-state index contributed by atoms with van der Waals surface area (Å²) in [5, 5.41) is 0. The van der Waals surface area contributed by atoms with Crippen molar-refractivity contribution >= 4 is 5.97 Å². The Morgan fingerprint density at radius 2 is 1.57 bits per heavy atom. The van der Waals surface area contributed by atoms with Crippen LogP contribution < -0.4 is 0 Å². The lowest BCUT2D eigenvalue weighted by molar-refractivity contribution is -0.159. The lowest BCUT2D eigenvalue weighted by atomic mass is 9.89. The van der Waals surface area contributed by atoms with E-state index < -0.39 is 5.60 Å². The SMILES string of the molecule is COC(C)(C)CCOC(C)(C)C(C)CC(=O)OC(C)(C)C. The molecule has 0 spiro atoms. The molecule has 0 aromatic carbocycles. The molecule has 0 aliphatic carbocycles. The van der Waals surface area contributed by atoms with Gasteiger partial charge < -0.3 is 14.2 Å². The third-order valence-electron chi connectivity index (χ3n) is 3.81. The van der Waals surface area contributed by atoms with E-state index in [1.165, 1.54) is 0 Å². The first kappa shape index (κ1) is 20.4. The highest BCUT2D eigenvalue weighted by atomic mass is 16.6. The monoisotopic (exact) mass is 302 g/mol. The van der Waals surface area contributed by atoms with Gasteiger partial charge in [0.25, 0.3) is 0 Å². The molecule has 126 valence electrons. The molecule has 1 unspecified atom stereocenters. The van der Waals surface area contributed by atoms with Crippen LogP contribution in [-0.2, 0) is 19.0 Å². The summed E-state index contributed by atoms with van der Waals surface area (Å²) in [6.45, 7) is 16.4. The van der Waals surface area contributed by atoms with E-state index in [-0.39, 0.29) is 23.1 Å². The molecule has 0 bridgehead atoms. The van der Waals surface area contributed by atoms with Crippen molar-refractivity contribution in [1.29, 1.82) is 0 Å². The molecule has 0 heterocycles. The Hall–Kier alpha value is -0.610. The van der Waals surface area contributed by atoms with Crippen molar-refractivity contribution in [3.05, 3.63) is 0 Å². The lowest BCUT2D eigenvalue weighted by Gasteiger charge is -2.33. The van der Waals surface area contributed by atoms with Crippen LogP contribution in [0.4, 0.5) is 0 Å². The van der Waals surface area contributed by atoms with Crippen LogP contribution in [0.15, 0.2) is 0 Å². The van der Waals surface area contributed by atoms with E-state index >= 15 is 0 Å². The van der Waals surface area contributed by atoms with Gasteiger partial charge in [-0.05, 0) is 60.8 Å². The molecule has 0 aromatic rings. The van der Waals surface area contributed by atoms with Gasteiger partial charge in [-0.3, -0.25) is 4.79 Å². The van der Waals surface area contributed by atoms with Gasteiger partial charge in [-0.15, -0.1) is 0 Å². The van der Waals surface area contributed by atoms with Crippen LogP contribution in [0.25, 0.3) is 0 Å². The summed E-state index contributed by atoms with van der Waals surface area (Å²) in [5.74, 6) is -0.0955. The zero-order valence-electron chi connectivity index (χ0n) is 15.3. The van der Waals surface area contributed by atoms with Crippen molar-refractivity contribution < 1.29 is 19.0 Å². The second kappa shape index (κ2) is 7.59. The maximum atomic E-state index is 11.9. The number of ether oxygens (including phenoxy) is 3. The van der Waals surface area contributed by atoms with E-state index in [1.54, 1.807) is 7.11 Å². The molecule has 0 aliphatic heterocycles. The number of hydrogen-bond donors (Lipinski definition) is 0. The summed E-state index contributed by atoms with van der Waals surface area (Å²) in [6, 6.07) is 0. The van der Waals surface area contributed by atoms with E-state index in [2.05, 4.69) is 0 Å². The Balaban J connectivity index is 4.33. The van der Waals surface area contributed by atoms with Crippen LogP contribution in [0.3, 0.4) is 0 Å². The van der Waals surface area contributed by atoms with Gasteiger partial charge in [-0.2, -0.15) is 0 Å². The van der Waals surface area contributed by atoms with Gasteiger partial charge in [0.2, 0.25) is 0 Å². The van der Waals surface area contributed by atoms with E-state index in [0.29, 0.717) is 13.0 Å². The summed E-state index contributed by atoms with van der Waals surface area (Å²) in [7, 11) is 1.70. The summed E-state index contributed by atoms with van der Waals surface area (Å²) in [4.78, 5) is 11.9. The Morgan fingerprint density at radius 3 is 2.00 bits per heavy atom. The maximum absolute atomic E-state index is 11.9. The molecular formula is C17H34O4. The Kier molecular flexibility index (Phi) is 7.37. The van der Waals surface area contributed by atoms with Crippen LogP contribution in [-0.4, -0.2) is 36.5 Å². The Labute approximate surface area is 130 Å². The molecule has 0 saturated carbocycles. The lowest BCUT2D eigenvalue weighted by Crippen LogP contribution is -2.37. The van der Waals surface area contributed by atoms with Gasteiger partial charge in [0.1, 0.15) is 5.60 Å². The normalized spacial score (nSPS) is 14.9. The number of rotatable bonds is 8. The summed E-state index contributed by atoms with van der Waals surface area (Å²) in [5.41, 5.74) is -1.00. The zero-order chi connectivity index (χ0) is 16.9. The molecular weight excluding hydrogens is 268 g/mol. The third kappa shape index (κ3) is 9.10. The van der Waals surface area contributed by atoms with Crippen LogP contribution in [0.5, 0.6) is 0 Å². The highest BCUT2D eigenvalue weighted by Gasteiger charge is 2.31. The zero-order valence-corrected chi connectivity index (χ0v) is 15.3. The number of carbonyl (C=O) groups excluding carboxylic acids is 1. The average Bonchev–Trinajstić information content (AvgIpc) is 2.25. The minimum Gasteiger partial charge on any atom is -0.460 e. The molecule has 21 heavy (non-hydrogen) atoms. The van der Waals surface area contributed by atoms with E-state index in [4.69, 9.17) is 14.2 Å². The van der Waals surface area contributed by atoms with Crippen molar-refractivity contribution in [2.75, 3.05) is 13.7 Å². The standard InChI is InChI=1S/C17H34O4/c1-13(12-14(18)21-15(2,3)4)17(7,8)20-11-10-16(5,6)19-9/h13H,10-12H2,1-9H3. The highest BCUT2D eigenvalue weighted by molar-refractivity contribution is 5.70. The molecule has 0 fully saturated rings. The Morgan fingerprint density at radius 1 is 1.05 bits per heavy atom. The largest absolute Gasteiger partial charge is 0.460 e. The van der Waals surface area contributed by atoms with E-state index in [1.807, 2.05) is 55.4 Å². The topological polar surface area (TPSA) is 44.8 Å². The Bertz CT molecular complexity index is 326. The highest BCUT2D eigenvalue weighted by Crippen LogP contribution is 2.26. The van der Waals surface area contributed by atoms with E-state index in [0.717, 1.165) is 6.42 Å². The van der Waals surface area contributed by atoms with Crippen LogP contribution in [0.2, 0.25) is 0 Å². The minimum absolute atomic E-state index is 0.0815. The minimum atomic E-state index is -0.440. The first-order chi connectivity index (χ1) is 9.29. The van der Waals surface area contributed by atoms with Crippen LogP contribution >= 0.6 is 0 Å². The number of esters is 1. The van der Waals surface area contributed by atoms with Gasteiger partial charge in [0.15, 0.2) is 0 Å². The molecule has 0 aliphatic rings. The second-order valence-electron chi connectivity index (χ2n) is 7.86. The van der Waals surface area contributed by atoms with Gasteiger partial charge in [0, 0.05) is 7.11 Å². The fourth-order valence-electron chi connectivity index (χ4n) is 1.68. The quantitative estimate of drug-likeness (QED) is 0.637. The number of carbonyl (C=O) groups is 1. The van der Waals surface area contributed by atoms with Crippen molar-refractivity contribution in [2.24, 2.45) is 5.92 Å². The van der Waals surface area contributed by atoms with Crippen LogP contribution in [0, 0.1) is 5.92 Å². The first-order valence-corrected chi connectivity index (χ1v) is 7.70. The van der Waals surface area contributed by atoms with Crippen LogP contribution in [0.1, 0.15) is 68.2 Å². The second-order valence-corrected chi connectivity index (χ2v) is 7.86. The van der Waals surface area contributed by atoms with Gasteiger partial charge in [-0.1, -0.05) is 6.92 Å². The molecule has 4 nitrogen and oxygen atoms in total. The molecule has 0 rings (SSSR count). The molecule has 4 heteroatoms.